The number of unbranched alkanes of at least 4 members (excludes halogenated alkanes) is 2. The van der Waals surface area contributed by atoms with Crippen LogP contribution in [0.3, 0.4) is 0 Å². The molecule has 1 saturated carbocycles. The number of fused-ring (bicyclic) bond motifs is 1. The smallest absolute Gasteiger partial charge is 0.140 e. The molecule has 0 N–H and O–H groups in total. The molecule has 1 aliphatic carbocycles. The lowest BCUT2D eigenvalue weighted by molar-refractivity contribution is 0.201. The Morgan fingerprint density at radius 3 is 1.78 bits per heavy atom. The highest BCUT2D eigenvalue weighted by molar-refractivity contribution is 7.80. The number of hydrogen-bond donors (Lipinski definition) is 0. The molecule has 0 aromatic heterocycles. The second-order valence-corrected chi connectivity index (χ2v) is 8.11. The largest absolute Gasteiger partial charge is 0.253 e. The van der Waals surface area contributed by atoms with E-state index < -0.39 is 7.58 Å². The molecule has 2 nitrogen and oxygen atoms in total. The molecule has 1 aliphatic heterocycles. The maximum absolute atomic E-state index is 6.81. The third kappa shape index (κ3) is 3.20. The fourth-order valence-electron chi connectivity index (χ4n) is 3.32. The predicted octanol–water partition coefficient (Wildman–Crippen LogP) is 4.98. The summed E-state index contributed by atoms with van der Waals surface area (Å²) in [6, 6.07) is 1.54. The number of rotatable bonds is 6. The predicted molar refractivity (Wildman–Crippen MR) is 82.0 cm³/mol. The fourth-order valence-corrected chi connectivity index (χ4v) is 6.38. The van der Waals surface area contributed by atoms with Crippen LogP contribution in [0.5, 0.6) is 0 Å². The third-order valence-corrected chi connectivity index (χ3v) is 7.37. The van der Waals surface area contributed by atoms with Crippen molar-refractivity contribution in [3.05, 3.63) is 0 Å². The van der Waals surface area contributed by atoms with Crippen LogP contribution in [-0.4, -0.2) is 34.5 Å². The van der Waals surface area contributed by atoms with Crippen molar-refractivity contribution in [1.82, 2.24) is 9.34 Å². The first kappa shape index (κ1) is 15.0. The van der Waals surface area contributed by atoms with E-state index in [2.05, 4.69) is 23.2 Å². The zero-order chi connectivity index (χ0) is 13.0. The molecule has 18 heavy (non-hydrogen) atoms. The second-order valence-electron chi connectivity index (χ2n) is 5.69. The molecule has 1 saturated heterocycles. The topological polar surface area (TPSA) is 6.48 Å². The summed E-state index contributed by atoms with van der Waals surface area (Å²) >= 11 is 6.81. The lowest BCUT2D eigenvalue weighted by Crippen LogP contribution is -2.40. The van der Waals surface area contributed by atoms with Gasteiger partial charge < -0.3 is 0 Å². The van der Waals surface area contributed by atoms with Crippen LogP contribution in [-0.2, 0) is 0 Å². The lowest BCUT2D eigenvalue weighted by atomic mass is 9.90. The van der Waals surface area contributed by atoms with Crippen LogP contribution in [0.1, 0.15) is 65.2 Å². The highest BCUT2D eigenvalue weighted by Gasteiger charge is 2.46. The van der Waals surface area contributed by atoms with Crippen molar-refractivity contribution in [3.63, 3.8) is 0 Å². The SMILES string of the molecule is CCCCN1[C@@H]2CCCC[C@H]2N(CCCC)P1Cl. The molecule has 1 heterocycles. The van der Waals surface area contributed by atoms with Crippen molar-refractivity contribution in [2.45, 2.75) is 77.3 Å². The van der Waals surface area contributed by atoms with Gasteiger partial charge in [-0.3, -0.25) is 9.34 Å². The van der Waals surface area contributed by atoms with Crippen LogP contribution >= 0.6 is 18.8 Å². The van der Waals surface area contributed by atoms with Gasteiger partial charge in [0.25, 0.3) is 0 Å². The minimum atomic E-state index is -0.526. The molecule has 0 spiro atoms. The molecule has 0 aromatic rings. The maximum atomic E-state index is 6.81. The Bertz CT molecular complexity index is 228. The van der Waals surface area contributed by atoms with Gasteiger partial charge in [0.2, 0.25) is 0 Å². The van der Waals surface area contributed by atoms with Crippen molar-refractivity contribution in [1.29, 1.82) is 0 Å². The Kier molecular flexibility index (Phi) is 6.21. The summed E-state index contributed by atoms with van der Waals surface area (Å²) in [7, 11) is -0.526. The summed E-state index contributed by atoms with van der Waals surface area (Å²) < 4.78 is 5.31. The van der Waals surface area contributed by atoms with Crippen LogP contribution in [0, 0.1) is 0 Å². The first-order valence-electron chi connectivity index (χ1n) is 7.78. The van der Waals surface area contributed by atoms with E-state index in [1.54, 1.807) is 0 Å². The Hall–Kier alpha value is 0.640. The third-order valence-electron chi connectivity index (χ3n) is 4.37. The van der Waals surface area contributed by atoms with E-state index >= 15 is 0 Å². The van der Waals surface area contributed by atoms with Gasteiger partial charge in [-0.25, -0.2) is 0 Å². The van der Waals surface area contributed by atoms with Crippen molar-refractivity contribution >= 4 is 18.8 Å². The summed E-state index contributed by atoms with van der Waals surface area (Å²) in [5.41, 5.74) is 0. The zero-order valence-electron chi connectivity index (χ0n) is 11.9. The van der Waals surface area contributed by atoms with Crippen molar-refractivity contribution < 1.29 is 0 Å². The molecule has 2 atom stereocenters. The summed E-state index contributed by atoms with van der Waals surface area (Å²) in [6.45, 7) is 6.99. The monoisotopic (exact) mass is 290 g/mol. The van der Waals surface area contributed by atoms with E-state index in [0.717, 1.165) is 12.1 Å². The van der Waals surface area contributed by atoms with Crippen molar-refractivity contribution in [2.75, 3.05) is 13.1 Å². The number of nitrogens with zero attached hydrogens (tertiary/aromatic N) is 2. The highest BCUT2D eigenvalue weighted by Crippen LogP contribution is 2.60. The summed E-state index contributed by atoms with van der Waals surface area (Å²) in [4.78, 5) is 0. The normalized spacial score (nSPS) is 30.8. The van der Waals surface area contributed by atoms with Gasteiger partial charge in [0.05, 0.1) is 0 Å². The molecule has 2 aliphatic rings. The van der Waals surface area contributed by atoms with E-state index in [-0.39, 0.29) is 0 Å². The van der Waals surface area contributed by atoms with Gasteiger partial charge in [0, 0.05) is 25.2 Å². The minimum Gasteiger partial charge on any atom is -0.253 e. The second kappa shape index (κ2) is 7.43. The van der Waals surface area contributed by atoms with Gasteiger partial charge in [-0.15, -0.1) is 0 Å². The van der Waals surface area contributed by atoms with E-state index in [1.807, 2.05) is 0 Å². The Labute approximate surface area is 119 Å². The highest BCUT2D eigenvalue weighted by atomic mass is 35.7. The Balaban J connectivity index is 2.01. The minimum absolute atomic E-state index is 0.526. The van der Waals surface area contributed by atoms with Gasteiger partial charge in [0.1, 0.15) is 7.58 Å². The van der Waals surface area contributed by atoms with Gasteiger partial charge in [-0.1, -0.05) is 50.8 Å². The fraction of sp³-hybridized carbons (Fsp3) is 1.00. The Morgan fingerprint density at radius 1 is 0.944 bits per heavy atom. The molecule has 2 rings (SSSR count). The number of hydrogen-bond acceptors (Lipinski definition) is 2. The van der Waals surface area contributed by atoms with Crippen molar-refractivity contribution in [2.24, 2.45) is 0 Å². The quantitative estimate of drug-likeness (QED) is 0.637. The van der Waals surface area contributed by atoms with Gasteiger partial charge in [0.15, 0.2) is 0 Å². The van der Waals surface area contributed by atoms with E-state index in [4.69, 9.17) is 11.2 Å². The summed E-state index contributed by atoms with van der Waals surface area (Å²) in [5.74, 6) is 0. The van der Waals surface area contributed by atoms with Crippen LogP contribution in [0.15, 0.2) is 0 Å². The Morgan fingerprint density at radius 2 is 1.39 bits per heavy atom. The van der Waals surface area contributed by atoms with Crippen LogP contribution in [0.2, 0.25) is 0 Å². The molecular weight excluding hydrogens is 263 g/mol. The van der Waals surface area contributed by atoms with Gasteiger partial charge in [-0.05, 0) is 25.7 Å². The molecule has 0 amide bonds. The lowest BCUT2D eigenvalue weighted by Gasteiger charge is -2.31. The van der Waals surface area contributed by atoms with Crippen LogP contribution in [0.25, 0.3) is 0 Å². The average molecular weight is 291 g/mol. The molecule has 106 valence electrons. The molecule has 0 radical (unpaired) electrons. The van der Waals surface area contributed by atoms with Crippen LogP contribution < -0.4 is 0 Å². The van der Waals surface area contributed by atoms with E-state index in [9.17, 15) is 0 Å². The summed E-state index contributed by atoms with van der Waals surface area (Å²) in [5, 5.41) is 0. The number of halogens is 1. The molecule has 0 unspecified atom stereocenters. The van der Waals surface area contributed by atoms with Gasteiger partial charge in [-0.2, -0.15) is 0 Å². The maximum Gasteiger partial charge on any atom is 0.140 e. The first-order chi connectivity index (χ1) is 8.79. The first-order valence-corrected chi connectivity index (χ1v) is 9.93. The molecule has 0 bridgehead atoms. The molecule has 0 aromatic carbocycles. The summed E-state index contributed by atoms with van der Waals surface area (Å²) in [6.07, 6.45) is 10.7. The van der Waals surface area contributed by atoms with Crippen molar-refractivity contribution in [3.8, 4) is 0 Å². The van der Waals surface area contributed by atoms with Crippen LogP contribution in [0.4, 0.5) is 0 Å². The van der Waals surface area contributed by atoms with Gasteiger partial charge >= 0.3 is 0 Å². The zero-order valence-corrected chi connectivity index (χ0v) is 13.6. The average Bonchev–Trinajstić information content (AvgIpc) is 2.66. The standard InChI is InChI=1S/C14H28ClN2P/c1-3-5-11-16-13-9-7-8-10-14(13)17(18(16)15)12-6-4-2/h13-14H,3-12H2,1-2H3/t13-,14-/m1/s1. The molecule has 2 fully saturated rings. The molecule has 4 heteroatoms. The van der Waals surface area contributed by atoms with E-state index in [0.29, 0.717) is 0 Å². The molecular formula is C14H28ClN2P. The van der Waals surface area contributed by atoms with E-state index in [1.165, 1.54) is 64.5 Å².